The summed E-state index contributed by atoms with van der Waals surface area (Å²) in [7, 11) is 1.49. The third-order valence-electron chi connectivity index (χ3n) is 1.73. The third-order valence-corrected chi connectivity index (χ3v) is 1.99. The molecule has 1 aromatic carbocycles. The SMILES string of the molecule is COCc1ccc(F)c(F)c1CCl. The summed E-state index contributed by atoms with van der Waals surface area (Å²) in [5.74, 6) is -1.82. The van der Waals surface area contributed by atoms with E-state index in [1.54, 1.807) is 0 Å². The molecular weight excluding hydrogens is 198 g/mol. The first kappa shape index (κ1) is 10.4. The molecule has 0 aliphatic carbocycles. The van der Waals surface area contributed by atoms with Crippen molar-refractivity contribution in [1.29, 1.82) is 0 Å². The molecule has 0 N–H and O–H groups in total. The fraction of sp³-hybridized carbons (Fsp3) is 0.333. The van der Waals surface area contributed by atoms with Crippen molar-refractivity contribution in [3.8, 4) is 0 Å². The van der Waals surface area contributed by atoms with Gasteiger partial charge in [0.2, 0.25) is 0 Å². The predicted molar refractivity (Wildman–Crippen MR) is 46.6 cm³/mol. The molecule has 0 unspecified atom stereocenters. The van der Waals surface area contributed by atoms with E-state index in [2.05, 4.69) is 0 Å². The summed E-state index contributed by atoms with van der Waals surface area (Å²) in [4.78, 5) is 0. The predicted octanol–water partition coefficient (Wildman–Crippen LogP) is 2.85. The number of hydrogen-bond acceptors (Lipinski definition) is 1. The summed E-state index contributed by atoms with van der Waals surface area (Å²) in [5.41, 5.74) is 0.750. The molecule has 0 heterocycles. The maximum atomic E-state index is 13.1. The minimum atomic E-state index is -0.885. The number of benzene rings is 1. The number of ether oxygens (including phenoxy) is 1. The Morgan fingerprint density at radius 3 is 2.62 bits per heavy atom. The van der Waals surface area contributed by atoms with Gasteiger partial charge in [0, 0.05) is 12.7 Å². The van der Waals surface area contributed by atoms with E-state index in [0.717, 1.165) is 6.07 Å². The quantitative estimate of drug-likeness (QED) is 0.691. The molecule has 1 aromatic rings. The maximum Gasteiger partial charge on any atom is 0.163 e. The maximum absolute atomic E-state index is 13.1. The van der Waals surface area contributed by atoms with Crippen molar-refractivity contribution in [1.82, 2.24) is 0 Å². The lowest BCUT2D eigenvalue weighted by Gasteiger charge is -2.07. The minimum absolute atomic E-state index is 0.0533. The summed E-state index contributed by atoms with van der Waals surface area (Å²) in [5, 5.41) is 0. The van der Waals surface area contributed by atoms with Crippen LogP contribution >= 0.6 is 11.6 Å². The van der Waals surface area contributed by atoms with E-state index in [0.29, 0.717) is 5.56 Å². The minimum Gasteiger partial charge on any atom is -0.380 e. The topological polar surface area (TPSA) is 9.23 Å². The van der Waals surface area contributed by atoms with Gasteiger partial charge in [-0.25, -0.2) is 8.78 Å². The van der Waals surface area contributed by atoms with Crippen LogP contribution in [-0.2, 0) is 17.2 Å². The van der Waals surface area contributed by atoms with Gasteiger partial charge in [0.1, 0.15) is 0 Å². The molecule has 0 radical (unpaired) electrons. The van der Waals surface area contributed by atoms with Gasteiger partial charge < -0.3 is 4.74 Å². The molecule has 0 fully saturated rings. The van der Waals surface area contributed by atoms with E-state index in [1.165, 1.54) is 13.2 Å². The second-order valence-electron chi connectivity index (χ2n) is 2.57. The van der Waals surface area contributed by atoms with Crippen LogP contribution in [0.15, 0.2) is 12.1 Å². The Morgan fingerprint density at radius 2 is 2.08 bits per heavy atom. The lowest BCUT2D eigenvalue weighted by Crippen LogP contribution is -2.00. The molecule has 0 spiro atoms. The van der Waals surface area contributed by atoms with Crippen molar-refractivity contribution in [2.45, 2.75) is 12.5 Å². The van der Waals surface area contributed by atoms with Crippen LogP contribution in [0.4, 0.5) is 8.78 Å². The Kier molecular flexibility index (Phi) is 3.63. The van der Waals surface area contributed by atoms with Crippen molar-refractivity contribution in [2.75, 3.05) is 7.11 Å². The molecular formula is C9H9ClF2O. The summed E-state index contributed by atoms with van der Waals surface area (Å²) in [6, 6.07) is 2.54. The van der Waals surface area contributed by atoms with E-state index in [1.807, 2.05) is 0 Å². The van der Waals surface area contributed by atoms with Gasteiger partial charge in [0.25, 0.3) is 0 Å². The molecule has 1 rings (SSSR count). The molecule has 0 aliphatic rings. The van der Waals surface area contributed by atoms with Gasteiger partial charge in [-0.3, -0.25) is 0 Å². The Balaban J connectivity index is 3.13. The summed E-state index contributed by atoms with van der Waals surface area (Å²) >= 11 is 5.48. The first-order valence-corrected chi connectivity index (χ1v) is 4.24. The highest BCUT2D eigenvalue weighted by Crippen LogP contribution is 2.19. The first-order valence-electron chi connectivity index (χ1n) is 3.71. The molecule has 0 aromatic heterocycles. The van der Waals surface area contributed by atoms with E-state index in [4.69, 9.17) is 16.3 Å². The zero-order chi connectivity index (χ0) is 9.84. The molecule has 4 heteroatoms. The van der Waals surface area contributed by atoms with Crippen LogP contribution in [0, 0.1) is 11.6 Å². The van der Waals surface area contributed by atoms with Crippen LogP contribution in [0.1, 0.15) is 11.1 Å². The molecule has 72 valence electrons. The number of alkyl halides is 1. The average Bonchev–Trinajstić information content (AvgIpc) is 2.12. The van der Waals surface area contributed by atoms with Gasteiger partial charge in [-0.05, 0) is 11.6 Å². The highest BCUT2D eigenvalue weighted by atomic mass is 35.5. The van der Waals surface area contributed by atoms with Crippen LogP contribution in [0.25, 0.3) is 0 Å². The molecule has 0 saturated carbocycles. The van der Waals surface area contributed by atoms with Crippen LogP contribution in [0.3, 0.4) is 0 Å². The number of rotatable bonds is 3. The monoisotopic (exact) mass is 206 g/mol. The fourth-order valence-electron chi connectivity index (χ4n) is 1.07. The van der Waals surface area contributed by atoms with Crippen molar-refractivity contribution in [3.05, 3.63) is 34.9 Å². The standard InChI is InChI=1S/C9H9ClF2O/c1-13-5-6-2-3-8(11)9(12)7(6)4-10/h2-3H,4-5H2,1H3. The highest BCUT2D eigenvalue weighted by molar-refractivity contribution is 6.17. The van der Waals surface area contributed by atoms with Crippen molar-refractivity contribution in [2.24, 2.45) is 0 Å². The number of halogens is 3. The zero-order valence-electron chi connectivity index (χ0n) is 7.11. The molecule has 0 saturated heterocycles. The van der Waals surface area contributed by atoms with E-state index >= 15 is 0 Å². The number of methoxy groups -OCH3 is 1. The summed E-state index contributed by atoms with van der Waals surface area (Å²) in [6.45, 7) is 0.235. The van der Waals surface area contributed by atoms with Crippen molar-refractivity contribution >= 4 is 11.6 Å². The van der Waals surface area contributed by atoms with Crippen molar-refractivity contribution in [3.63, 3.8) is 0 Å². The third kappa shape index (κ3) is 2.17. The smallest absolute Gasteiger partial charge is 0.163 e. The second kappa shape index (κ2) is 4.53. The van der Waals surface area contributed by atoms with Gasteiger partial charge >= 0.3 is 0 Å². The fourth-order valence-corrected chi connectivity index (χ4v) is 1.36. The average molecular weight is 207 g/mol. The van der Waals surface area contributed by atoms with E-state index in [9.17, 15) is 8.78 Å². The Labute approximate surface area is 80.3 Å². The van der Waals surface area contributed by atoms with Gasteiger partial charge in [0.05, 0.1) is 12.5 Å². The second-order valence-corrected chi connectivity index (χ2v) is 2.83. The van der Waals surface area contributed by atoms with E-state index in [-0.39, 0.29) is 18.1 Å². The van der Waals surface area contributed by atoms with Gasteiger partial charge in [-0.2, -0.15) is 0 Å². The zero-order valence-corrected chi connectivity index (χ0v) is 7.87. The van der Waals surface area contributed by atoms with Crippen molar-refractivity contribution < 1.29 is 13.5 Å². The Bertz CT molecular complexity index is 302. The Morgan fingerprint density at radius 1 is 1.38 bits per heavy atom. The largest absolute Gasteiger partial charge is 0.380 e. The Hall–Kier alpha value is -0.670. The normalized spacial score (nSPS) is 10.5. The van der Waals surface area contributed by atoms with Crippen LogP contribution in [0.2, 0.25) is 0 Å². The van der Waals surface area contributed by atoms with Gasteiger partial charge in [-0.1, -0.05) is 6.07 Å². The molecule has 13 heavy (non-hydrogen) atoms. The van der Waals surface area contributed by atoms with Crippen LogP contribution in [0.5, 0.6) is 0 Å². The first-order chi connectivity index (χ1) is 6.20. The van der Waals surface area contributed by atoms with Gasteiger partial charge in [0.15, 0.2) is 11.6 Å². The molecule has 0 aliphatic heterocycles. The summed E-state index contributed by atoms with van der Waals surface area (Å²) < 4.78 is 30.6. The van der Waals surface area contributed by atoms with Gasteiger partial charge in [-0.15, -0.1) is 11.6 Å². The van der Waals surface area contributed by atoms with Crippen LogP contribution in [-0.4, -0.2) is 7.11 Å². The van der Waals surface area contributed by atoms with Crippen LogP contribution < -0.4 is 0 Å². The lowest BCUT2D eigenvalue weighted by atomic mass is 10.1. The molecule has 0 amide bonds. The van der Waals surface area contributed by atoms with E-state index < -0.39 is 11.6 Å². The molecule has 0 bridgehead atoms. The number of hydrogen-bond donors (Lipinski definition) is 0. The molecule has 0 atom stereocenters. The molecule has 1 nitrogen and oxygen atoms in total. The highest BCUT2D eigenvalue weighted by Gasteiger charge is 2.11. The lowest BCUT2D eigenvalue weighted by molar-refractivity contribution is 0.183. The summed E-state index contributed by atoms with van der Waals surface area (Å²) in [6.07, 6.45) is 0.